The number of amidine groups is 1. The van der Waals surface area contributed by atoms with Crippen LogP contribution in [0.4, 0.5) is 0 Å². The van der Waals surface area contributed by atoms with Crippen LogP contribution in [0.15, 0.2) is 29.3 Å². The van der Waals surface area contributed by atoms with Gasteiger partial charge in [-0.1, -0.05) is 45.0 Å². The van der Waals surface area contributed by atoms with E-state index < -0.39 is 0 Å². The summed E-state index contributed by atoms with van der Waals surface area (Å²) in [5.41, 5.74) is 5.24. The summed E-state index contributed by atoms with van der Waals surface area (Å²) in [5, 5.41) is 0. The van der Waals surface area contributed by atoms with Gasteiger partial charge < -0.3 is 5.43 Å². The van der Waals surface area contributed by atoms with Crippen LogP contribution in [0.1, 0.15) is 44.7 Å². The van der Waals surface area contributed by atoms with Crippen molar-refractivity contribution >= 4 is 5.84 Å². The molecule has 1 aliphatic carbocycles. The van der Waals surface area contributed by atoms with Gasteiger partial charge in [-0.15, -0.1) is 0 Å². The largest absolute Gasteiger partial charge is 0.308 e. The molecular formula is C14H21N3. The molecule has 1 fully saturated rings. The molecule has 0 bridgehead atoms. The molecule has 0 unspecified atom stereocenters. The summed E-state index contributed by atoms with van der Waals surface area (Å²) in [4.78, 5) is 4.63. The Balaban J connectivity index is 2.42. The van der Waals surface area contributed by atoms with Crippen molar-refractivity contribution in [1.29, 1.82) is 0 Å². The van der Waals surface area contributed by atoms with E-state index in [-0.39, 0.29) is 5.41 Å². The maximum Gasteiger partial charge on any atom is 0.143 e. The SMILES string of the molecule is CC(C)(C)c1ccccc1C(=NC1CC1)NN. The molecule has 1 aromatic rings. The Kier molecular flexibility index (Phi) is 3.20. The lowest BCUT2D eigenvalue weighted by atomic mass is 9.83. The molecule has 0 atom stereocenters. The van der Waals surface area contributed by atoms with Gasteiger partial charge in [-0.3, -0.25) is 4.99 Å². The summed E-state index contributed by atoms with van der Waals surface area (Å²) >= 11 is 0. The molecular weight excluding hydrogens is 210 g/mol. The first-order valence-corrected chi connectivity index (χ1v) is 6.16. The lowest BCUT2D eigenvalue weighted by molar-refractivity contribution is 0.588. The van der Waals surface area contributed by atoms with Gasteiger partial charge in [0.1, 0.15) is 5.84 Å². The van der Waals surface area contributed by atoms with Crippen molar-refractivity contribution in [2.75, 3.05) is 0 Å². The second-order valence-corrected chi connectivity index (χ2v) is 5.65. The van der Waals surface area contributed by atoms with E-state index in [0.29, 0.717) is 6.04 Å². The number of benzene rings is 1. The lowest BCUT2D eigenvalue weighted by Gasteiger charge is -2.23. The number of aliphatic imine (C=N–C) groups is 1. The zero-order chi connectivity index (χ0) is 12.5. The monoisotopic (exact) mass is 231 g/mol. The second-order valence-electron chi connectivity index (χ2n) is 5.65. The third kappa shape index (κ3) is 2.86. The maximum atomic E-state index is 5.61. The topological polar surface area (TPSA) is 50.4 Å². The van der Waals surface area contributed by atoms with E-state index in [1.165, 1.54) is 18.4 Å². The highest BCUT2D eigenvalue weighted by molar-refractivity contribution is 6.00. The fourth-order valence-corrected chi connectivity index (χ4v) is 1.91. The van der Waals surface area contributed by atoms with E-state index >= 15 is 0 Å². The van der Waals surface area contributed by atoms with Crippen LogP contribution in [-0.4, -0.2) is 11.9 Å². The minimum absolute atomic E-state index is 0.0950. The summed E-state index contributed by atoms with van der Waals surface area (Å²) in [6.07, 6.45) is 2.37. The Morgan fingerprint density at radius 1 is 1.29 bits per heavy atom. The quantitative estimate of drug-likeness (QED) is 0.355. The van der Waals surface area contributed by atoms with Crippen molar-refractivity contribution in [2.24, 2.45) is 10.8 Å². The van der Waals surface area contributed by atoms with E-state index in [1.807, 2.05) is 6.07 Å². The molecule has 1 aromatic carbocycles. The van der Waals surface area contributed by atoms with Crippen LogP contribution in [0.25, 0.3) is 0 Å². The lowest BCUT2D eigenvalue weighted by Crippen LogP contribution is -2.33. The summed E-state index contributed by atoms with van der Waals surface area (Å²) in [6.45, 7) is 6.62. The number of rotatable bonds is 2. The molecule has 17 heavy (non-hydrogen) atoms. The normalized spacial score (nSPS) is 17.1. The number of hydrogen-bond donors (Lipinski definition) is 2. The molecule has 0 aliphatic heterocycles. The van der Waals surface area contributed by atoms with E-state index in [1.54, 1.807) is 0 Å². The number of nitrogens with one attached hydrogen (secondary N) is 1. The summed E-state index contributed by atoms with van der Waals surface area (Å²) in [7, 11) is 0. The highest BCUT2D eigenvalue weighted by atomic mass is 15.3. The average molecular weight is 231 g/mol. The average Bonchev–Trinajstić information content (AvgIpc) is 3.08. The zero-order valence-electron chi connectivity index (χ0n) is 10.8. The highest BCUT2D eigenvalue weighted by Crippen LogP contribution is 2.28. The molecule has 0 saturated heterocycles. The first-order valence-electron chi connectivity index (χ1n) is 6.16. The minimum Gasteiger partial charge on any atom is -0.308 e. The summed E-state index contributed by atoms with van der Waals surface area (Å²) in [5.74, 6) is 6.43. The van der Waals surface area contributed by atoms with Gasteiger partial charge in [-0.05, 0) is 23.8 Å². The van der Waals surface area contributed by atoms with Crippen molar-refractivity contribution in [3.63, 3.8) is 0 Å². The van der Waals surface area contributed by atoms with Gasteiger partial charge in [0.05, 0.1) is 6.04 Å². The molecule has 2 rings (SSSR count). The maximum absolute atomic E-state index is 5.61. The summed E-state index contributed by atoms with van der Waals surface area (Å²) in [6, 6.07) is 8.80. The number of nitrogens with zero attached hydrogens (tertiary/aromatic N) is 1. The van der Waals surface area contributed by atoms with Crippen molar-refractivity contribution in [1.82, 2.24) is 5.43 Å². The van der Waals surface area contributed by atoms with Crippen LogP contribution < -0.4 is 11.3 Å². The second kappa shape index (κ2) is 4.49. The fraction of sp³-hybridized carbons (Fsp3) is 0.500. The van der Waals surface area contributed by atoms with Crippen molar-refractivity contribution < 1.29 is 0 Å². The van der Waals surface area contributed by atoms with Gasteiger partial charge in [0.15, 0.2) is 0 Å². The number of nitrogens with two attached hydrogens (primary N) is 1. The minimum atomic E-state index is 0.0950. The Bertz CT molecular complexity index is 425. The highest BCUT2D eigenvalue weighted by Gasteiger charge is 2.24. The van der Waals surface area contributed by atoms with E-state index in [2.05, 4.69) is 49.4 Å². The molecule has 3 nitrogen and oxygen atoms in total. The van der Waals surface area contributed by atoms with Crippen LogP contribution >= 0.6 is 0 Å². The fourth-order valence-electron chi connectivity index (χ4n) is 1.91. The van der Waals surface area contributed by atoms with Crippen molar-refractivity contribution in [3.8, 4) is 0 Å². The van der Waals surface area contributed by atoms with Gasteiger partial charge in [-0.25, -0.2) is 5.84 Å². The molecule has 1 aliphatic rings. The van der Waals surface area contributed by atoms with Gasteiger partial charge >= 0.3 is 0 Å². The first-order chi connectivity index (χ1) is 8.02. The van der Waals surface area contributed by atoms with Gasteiger partial charge in [0.25, 0.3) is 0 Å². The predicted molar refractivity (Wildman–Crippen MR) is 72.0 cm³/mol. The summed E-state index contributed by atoms with van der Waals surface area (Å²) < 4.78 is 0. The van der Waals surface area contributed by atoms with Gasteiger partial charge in [0.2, 0.25) is 0 Å². The van der Waals surface area contributed by atoms with Crippen LogP contribution in [0.2, 0.25) is 0 Å². The molecule has 0 heterocycles. The van der Waals surface area contributed by atoms with Gasteiger partial charge in [0, 0.05) is 5.56 Å². The smallest absolute Gasteiger partial charge is 0.143 e. The molecule has 0 aromatic heterocycles. The Morgan fingerprint density at radius 3 is 2.47 bits per heavy atom. The molecule has 92 valence electrons. The van der Waals surface area contributed by atoms with Gasteiger partial charge in [-0.2, -0.15) is 0 Å². The van der Waals surface area contributed by atoms with E-state index in [4.69, 9.17) is 5.84 Å². The molecule has 1 saturated carbocycles. The van der Waals surface area contributed by atoms with Crippen LogP contribution in [0.3, 0.4) is 0 Å². The van der Waals surface area contributed by atoms with Crippen molar-refractivity contribution in [2.45, 2.75) is 45.1 Å². The predicted octanol–water partition coefficient (Wildman–Crippen LogP) is 2.36. The molecule has 0 spiro atoms. The molecule has 3 heteroatoms. The Morgan fingerprint density at radius 2 is 1.94 bits per heavy atom. The van der Waals surface area contributed by atoms with Crippen molar-refractivity contribution in [3.05, 3.63) is 35.4 Å². The molecule has 0 radical (unpaired) electrons. The van der Waals surface area contributed by atoms with Crippen LogP contribution in [0, 0.1) is 0 Å². The van der Waals surface area contributed by atoms with E-state index in [0.717, 1.165) is 11.4 Å². The van der Waals surface area contributed by atoms with Crippen LogP contribution in [0.5, 0.6) is 0 Å². The Hall–Kier alpha value is -1.35. The molecule has 0 amide bonds. The molecule has 3 N–H and O–H groups in total. The van der Waals surface area contributed by atoms with E-state index in [9.17, 15) is 0 Å². The first kappa shape index (κ1) is 12.1. The number of hydrazine groups is 1. The zero-order valence-corrected chi connectivity index (χ0v) is 10.8. The third-order valence-corrected chi connectivity index (χ3v) is 2.99. The van der Waals surface area contributed by atoms with Crippen LogP contribution in [-0.2, 0) is 5.41 Å². The standard InChI is InChI=1S/C14H21N3/c1-14(2,3)12-7-5-4-6-11(12)13(17-15)16-10-8-9-10/h4-7,10H,8-9,15H2,1-3H3,(H,16,17). The number of hydrogen-bond acceptors (Lipinski definition) is 2. The third-order valence-electron chi connectivity index (χ3n) is 2.99. The Labute approximate surface area is 103 Å².